The fourth-order valence-electron chi connectivity index (χ4n) is 2.46. The standard InChI is InChI=1S/C16H25NO2/c1-16(2,3)13-7-5-12(6-8-13)15(17-4)14-11-18-9-10-19-14/h5-8,14-15,17H,9-11H2,1-4H3. The van der Waals surface area contributed by atoms with Gasteiger partial charge in [-0.25, -0.2) is 0 Å². The fourth-order valence-corrected chi connectivity index (χ4v) is 2.46. The first-order valence-electron chi connectivity index (χ1n) is 6.99. The van der Waals surface area contributed by atoms with E-state index in [1.54, 1.807) is 0 Å². The molecule has 0 radical (unpaired) electrons. The Hall–Kier alpha value is -0.900. The van der Waals surface area contributed by atoms with E-state index >= 15 is 0 Å². The minimum absolute atomic E-state index is 0.0965. The number of benzene rings is 1. The molecular weight excluding hydrogens is 238 g/mol. The van der Waals surface area contributed by atoms with Crippen LogP contribution in [0.25, 0.3) is 0 Å². The van der Waals surface area contributed by atoms with Crippen molar-refractivity contribution in [2.75, 3.05) is 26.9 Å². The van der Waals surface area contributed by atoms with Crippen LogP contribution >= 0.6 is 0 Å². The van der Waals surface area contributed by atoms with Gasteiger partial charge in [0.2, 0.25) is 0 Å². The van der Waals surface area contributed by atoms with Gasteiger partial charge in [-0.05, 0) is 23.6 Å². The molecule has 0 aliphatic carbocycles. The molecule has 0 spiro atoms. The molecule has 1 heterocycles. The average Bonchev–Trinajstić information content (AvgIpc) is 2.40. The van der Waals surface area contributed by atoms with Crippen LogP contribution in [0.1, 0.15) is 37.9 Å². The molecule has 1 aromatic carbocycles. The predicted molar refractivity (Wildman–Crippen MR) is 77.5 cm³/mol. The highest BCUT2D eigenvalue weighted by atomic mass is 16.6. The van der Waals surface area contributed by atoms with Crippen molar-refractivity contribution in [3.05, 3.63) is 35.4 Å². The molecule has 2 atom stereocenters. The smallest absolute Gasteiger partial charge is 0.100 e. The molecule has 0 amide bonds. The lowest BCUT2D eigenvalue weighted by Gasteiger charge is -2.31. The monoisotopic (exact) mass is 263 g/mol. The molecule has 0 bridgehead atoms. The van der Waals surface area contributed by atoms with E-state index in [4.69, 9.17) is 9.47 Å². The van der Waals surface area contributed by atoms with Crippen LogP contribution in [0.3, 0.4) is 0 Å². The first-order valence-corrected chi connectivity index (χ1v) is 6.99. The molecule has 2 unspecified atom stereocenters. The molecule has 1 aromatic rings. The zero-order valence-corrected chi connectivity index (χ0v) is 12.4. The summed E-state index contributed by atoms with van der Waals surface area (Å²) in [6.45, 7) is 8.74. The summed E-state index contributed by atoms with van der Waals surface area (Å²) in [6, 6.07) is 9.00. The van der Waals surface area contributed by atoms with Gasteiger partial charge in [-0.2, -0.15) is 0 Å². The van der Waals surface area contributed by atoms with Crippen molar-refractivity contribution in [3.8, 4) is 0 Å². The topological polar surface area (TPSA) is 30.5 Å². The highest BCUT2D eigenvalue weighted by molar-refractivity contribution is 5.29. The number of rotatable bonds is 3. The molecule has 0 saturated carbocycles. The molecule has 1 fully saturated rings. The lowest BCUT2D eigenvalue weighted by molar-refractivity contribution is -0.101. The van der Waals surface area contributed by atoms with Gasteiger partial charge >= 0.3 is 0 Å². The molecule has 2 rings (SSSR count). The second-order valence-corrected chi connectivity index (χ2v) is 6.12. The summed E-state index contributed by atoms with van der Waals surface area (Å²) in [6.07, 6.45) is 0.0965. The van der Waals surface area contributed by atoms with E-state index in [1.165, 1.54) is 11.1 Å². The maximum atomic E-state index is 5.80. The lowest BCUT2D eigenvalue weighted by atomic mass is 9.86. The summed E-state index contributed by atoms with van der Waals surface area (Å²) in [5, 5.41) is 3.34. The minimum atomic E-state index is 0.0965. The molecule has 106 valence electrons. The lowest BCUT2D eigenvalue weighted by Crippen LogP contribution is -2.39. The van der Waals surface area contributed by atoms with E-state index in [1.807, 2.05) is 7.05 Å². The largest absolute Gasteiger partial charge is 0.376 e. The average molecular weight is 263 g/mol. The summed E-state index contributed by atoms with van der Waals surface area (Å²) in [5.74, 6) is 0. The molecule has 0 aromatic heterocycles. The number of hydrogen-bond acceptors (Lipinski definition) is 3. The van der Waals surface area contributed by atoms with Crippen molar-refractivity contribution in [1.29, 1.82) is 0 Å². The fraction of sp³-hybridized carbons (Fsp3) is 0.625. The third-order valence-corrected chi connectivity index (χ3v) is 3.66. The highest BCUT2D eigenvalue weighted by Gasteiger charge is 2.25. The van der Waals surface area contributed by atoms with Gasteiger partial charge in [-0.3, -0.25) is 0 Å². The first kappa shape index (κ1) is 14.5. The Bertz CT molecular complexity index is 388. The van der Waals surface area contributed by atoms with Crippen molar-refractivity contribution >= 4 is 0 Å². The van der Waals surface area contributed by atoms with Crippen LogP contribution in [0, 0.1) is 0 Å². The molecule has 3 nitrogen and oxygen atoms in total. The summed E-state index contributed by atoms with van der Waals surface area (Å²) >= 11 is 0. The molecular formula is C16H25NO2. The van der Waals surface area contributed by atoms with E-state index in [0.717, 1.165) is 0 Å². The second kappa shape index (κ2) is 6.04. The zero-order valence-electron chi connectivity index (χ0n) is 12.4. The Morgan fingerprint density at radius 3 is 2.32 bits per heavy atom. The maximum absolute atomic E-state index is 5.80. The van der Waals surface area contributed by atoms with E-state index in [9.17, 15) is 0 Å². The quantitative estimate of drug-likeness (QED) is 0.909. The summed E-state index contributed by atoms with van der Waals surface area (Å²) in [4.78, 5) is 0. The summed E-state index contributed by atoms with van der Waals surface area (Å²) in [7, 11) is 1.97. The Kier molecular flexibility index (Phi) is 4.61. The number of ether oxygens (including phenoxy) is 2. The summed E-state index contributed by atoms with van der Waals surface area (Å²) in [5.41, 5.74) is 2.80. The first-order chi connectivity index (χ1) is 9.02. The van der Waals surface area contributed by atoms with Crippen molar-refractivity contribution in [2.45, 2.75) is 38.3 Å². The molecule has 3 heteroatoms. The highest BCUT2D eigenvalue weighted by Crippen LogP contribution is 2.26. The van der Waals surface area contributed by atoms with Crippen molar-refractivity contribution < 1.29 is 9.47 Å². The van der Waals surface area contributed by atoms with E-state index in [-0.39, 0.29) is 17.6 Å². The van der Waals surface area contributed by atoms with Crippen LogP contribution < -0.4 is 5.32 Å². The van der Waals surface area contributed by atoms with Crippen LogP contribution in [-0.4, -0.2) is 33.0 Å². The molecule has 1 saturated heterocycles. The Morgan fingerprint density at radius 1 is 1.16 bits per heavy atom. The van der Waals surface area contributed by atoms with Crippen LogP contribution in [0.2, 0.25) is 0 Å². The molecule has 19 heavy (non-hydrogen) atoms. The maximum Gasteiger partial charge on any atom is 0.100 e. The van der Waals surface area contributed by atoms with Crippen molar-refractivity contribution in [1.82, 2.24) is 5.32 Å². The Morgan fingerprint density at radius 2 is 1.84 bits per heavy atom. The third-order valence-electron chi connectivity index (χ3n) is 3.66. The molecule has 1 aliphatic rings. The number of nitrogens with one attached hydrogen (secondary N) is 1. The number of hydrogen-bond donors (Lipinski definition) is 1. The third kappa shape index (κ3) is 3.56. The van der Waals surface area contributed by atoms with Gasteiger partial charge in [0, 0.05) is 0 Å². The Labute approximate surface area is 116 Å². The summed E-state index contributed by atoms with van der Waals surface area (Å²) < 4.78 is 11.3. The van der Waals surface area contributed by atoms with Crippen LogP contribution in [0.15, 0.2) is 24.3 Å². The normalized spacial score (nSPS) is 22.2. The minimum Gasteiger partial charge on any atom is -0.376 e. The van der Waals surface area contributed by atoms with Gasteiger partial charge < -0.3 is 14.8 Å². The Balaban J connectivity index is 2.14. The second-order valence-electron chi connectivity index (χ2n) is 6.12. The SMILES string of the molecule is CNC(c1ccc(C(C)(C)C)cc1)C1COCCO1. The van der Waals surface area contributed by atoms with Gasteiger partial charge in [-0.1, -0.05) is 45.0 Å². The van der Waals surface area contributed by atoms with Crippen LogP contribution in [0.4, 0.5) is 0 Å². The van der Waals surface area contributed by atoms with Gasteiger partial charge in [0.1, 0.15) is 6.10 Å². The van der Waals surface area contributed by atoms with E-state index in [0.29, 0.717) is 19.8 Å². The van der Waals surface area contributed by atoms with E-state index < -0.39 is 0 Å². The predicted octanol–water partition coefficient (Wildman–Crippen LogP) is 2.66. The van der Waals surface area contributed by atoms with E-state index in [2.05, 4.69) is 50.4 Å². The van der Waals surface area contributed by atoms with Crippen molar-refractivity contribution in [2.24, 2.45) is 0 Å². The number of likely N-dealkylation sites (N-methyl/N-ethyl adjacent to an activating group) is 1. The molecule has 1 N–H and O–H groups in total. The molecule has 1 aliphatic heterocycles. The van der Waals surface area contributed by atoms with Gasteiger partial charge in [0.15, 0.2) is 0 Å². The van der Waals surface area contributed by atoms with Gasteiger partial charge in [0.05, 0.1) is 25.9 Å². The van der Waals surface area contributed by atoms with Crippen molar-refractivity contribution in [3.63, 3.8) is 0 Å². The van der Waals surface area contributed by atoms with Gasteiger partial charge in [0.25, 0.3) is 0 Å². The van der Waals surface area contributed by atoms with Crippen LogP contribution in [0.5, 0.6) is 0 Å². The van der Waals surface area contributed by atoms with Crippen LogP contribution in [-0.2, 0) is 14.9 Å². The zero-order chi connectivity index (χ0) is 13.9. The van der Waals surface area contributed by atoms with Gasteiger partial charge in [-0.15, -0.1) is 0 Å².